The molecule has 0 N–H and O–H groups in total. The van der Waals surface area contributed by atoms with Gasteiger partial charge < -0.3 is 0 Å². The third kappa shape index (κ3) is 2.08. The molecule has 3 fully saturated rings. The summed E-state index contributed by atoms with van der Waals surface area (Å²) in [5.41, 5.74) is 1.54. The van der Waals surface area contributed by atoms with Crippen LogP contribution in [-0.2, 0) is 9.59 Å². The third-order valence-corrected chi connectivity index (χ3v) is 10.2. The summed E-state index contributed by atoms with van der Waals surface area (Å²) in [4.78, 5) is 25.1. The molecule has 0 amide bonds. The Labute approximate surface area is 163 Å². The SMILES string of the molecule is CC(=O)[C@]12CCCC[C@@H]1C[C@H]1[C@@H]3C=CC4=CC(=O)CC[C@]4(C)[C@H]3CC[C@@]12C. The number of carbonyl (C=O) groups is 2. The molecule has 5 aliphatic carbocycles. The summed E-state index contributed by atoms with van der Waals surface area (Å²) < 4.78 is 0. The van der Waals surface area contributed by atoms with Crippen molar-refractivity contribution in [1.29, 1.82) is 0 Å². The first-order chi connectivity index (χ1) is 12.8. The van der Waals surface area contributed by atoms with Gasteiger partial charge in [0, 0.05) is 11.8 Å². The van der Waals surface area contributed by atoms with Gasteiger partial charge in [-0.25, -0.2) is 0 Å². The van der Waals surface area contributed by atoms with Crippen LogP contribution in [0.3, 0.4) is 0 Å². The Morgan fingerprint density at radius 3 is 2.67 bits per heavy atom. The van der Waals surface area contributed by atoms with Gasteiger partial charge in [0.05, 0.1) is 0 Å². The Bertz CT molecular complexity index is 760. The van der Waals surface area contributed by atoms with Crippen LogP contribution in [0.25, 0.3) is 0 Å². The second-order valence-corrected chi connectivity index (χ2v) is 10.8. The van der Waals surface area contributed by atoms with E-state index >= 15 is 0 Å². The molecule has 0 aliphatic heterocycles. The van der Waals surface area contributed by atoms with Gasteiger partial charge in [-0.3, -0.25) is 9.59 Å². The molecule has 5 aliphatic rings. The maximum Gasteiger partial charge on any atom is 0.156 e. The average Bonchev–Trinajstić information content (AvgIpc) is 2.92. The summed E-state index contributed by atoms with van der Waals surface area (Å²) in [6, 6.07) is 0. The number of allylic oxidation sites excluding steroid dienone is 4. The number of ketones is 2. The van der Waals surface area contributed by atoms with Crippen LogP contribution in [0.15, 0.2) is 23.8 Å². The van der Waals surface area contributed by atoms with Gasteiger partial charge >= 0.3 is 0 Å². The van der Waals surface area contributed by atoms with Gasteiger partial charge in [-0.05, 0) is 91.6 Å². The molecule has 2 heteroatoms. The topological polar surface area (TPSA) is 34.1 Å². The van der Waals surface area contributed by atoms with E-state index in [0.717, 1.165) is 12.8 Å². The maximum atomic E-state index is 13.1. The van der Waals surface area contributed by atoms with Crippen LogP contribution < -0.4 is 0 Å². The van der Waals surface area contributed by atoms with Crippen molar-refractivity contribution in [2.24, 2.45) is 39.9 Å². The molecular weight excluding hydrogens is 332 g/mol. The van der Waals surface area contributed by atoms with Crippen LogP contribution in [0.5, 0.6) is 0 Å². The molecule has 5 rings (SSSR count). The second kappa shape index (κ2) is 5.67. The van der Waals surface area contributed by atoms with E-state index in [9.17, 15) is 9.59 Å². The molecule has 0 heterocycles. The smallest absolute Gasteiger partial charge is 0.156 e. The van der Waals surface area contributed by atoms with Crippen molar-refractivity contribution >= 4 is 11.6 Å². The van der Waals surface area contributed by atoms with Gasteiger partial charge in [-0.15, -0.1) is 0 Å². The van der Waals surface area contributed by atoms with Gasteiger partial charge in [0.15, 0.2) is 5.78 Å². The highest BCUT2D eigenvalue weighted by molar-refractivity contribution is 5.92. The van der Waals surface area contributed by atoms with Gasteiger partial charge in [0.2, 0.25) is 0 Å². The molecule has 0 bridgehead atoms. The lowest BCUT2D eigenvalue weighted by molar-refractivity contribution is -0.145. The van der Waals surface area contributed by atoms with E-state index in [1.54, 1.807) is 0 Å². The van der Waals surface area contributed by atoms with E-state index in [4.69, 9.17) is 0 Å². The number of Topliss-reactive ketones (excluding diaryl/α,β-unsaturated/α-hetero) is 1. The minimum atomic E-state index is -0.0612. The summed E-state index contributed by atoms with van der Waals surface area (Å²) in [6.45, 7) is 6.79. The van der Waals surface area contributed by atoms with Crippen LogP contribution >= 0.6 is 0 Å². The van der Waals surface area contributed by atoms with Crippen LogP contribution in [-0.4, -0.2) is 11.6 Å². The van der Waals surface area contributed by atoms with E-state index in [2.05, 4.69) is 26.0 Å². The predicted octanol–water partition coefficient (Wildman–Crippen LogP) is 5.67. The van der Waals surface area contributed by atoms with Crippen LogP contribution in [0, 0.1) is 39.9 Å². The number of carbonyl (C=O) groups excluding carboxylic acids is 2. The number of hydrogen-bond donors (Lipinski definition) is 0. The molecule has 7 atom stereocenters. The fourth-order valence-electron chi connectivity index (χ4n) is 8.80. The van der Waals surface area contributed by atoms with Crippen molar-refractivity contribution in [3.63, 3.8) is 0 Å². The van der Waals surface area contributed by atoms with Crippen molar-refractivity contribution in [3.05, 3.63) is 23.8 Å². The zero-order valence-corrected chi connectivity index (χ0v) is 17.2. The molecule has 27 heavy (non-hydrogen) atoms. The fourth-order valence-corrected chi connectivity index (χ4v) is 8.80. The Kier molecular flexibility index (Phi) is 3.76. The van der Waals surface area contributed by atoms with Crippen molar-refractivity contribution in [1.82, 2.24) is 0 Å². The van der Waals surface area contributed by atoms with E-state index in [-0.39, 0.29) is 16.2 Å². The minimum Gasteiger partial charge on any atom is -0.299 e. The molecular formula is C25H34O2. The van der Waals surface area contributed by atoms with Gasteiger partial charge in [0.1, 0.15) is 5.78 Å². The first-order valence-corrected chi connectivity index (χ1v) is 11.3. The standard InChI is InChI=1S/C25H34O2/c1-16(26)25-11-5-4-6-18(25)15-22-20-8-7-17-14-19(27)9-12-23(17,2)21(20)10-13-24(22,25)3/h7-8,14,18,20-22H,4-6,9-13,15H2,1-3H3/t18-,20-,21+,22+,23+,24+,25-/m1/s1. The molecule has 0 aromatic rings. The fraction of sp³-hybridized carbons (Fsp3) is 0.760. The molecule has 0 unspecified atom stereocenters. The van der Waals surface area contributed by atoms with E-state index in [1.165, 1.54) is 44.1 Å². The average molecular weight is 367 g/mol. The molecule has 2 nitrogen and oxygen atoms in total. The van der Waals surface area contributed by atoms with Crippen molar-refractivity contribution < 1.29 is 9.59 Å². The molecule has 3 saturated carbocycles. The molecule has 0 spiro atoms. The predicted molar refractivity (Wildman–Crippen MR) is 107 cm³/mol. The molecule has 0 saturated heterocycles. The Balaban J connectivity index is 1.59. The zero-order chi connectivity index (χ0) is 19.0. The normalized spacial score (nSPS) is 50.9. The summed E-state index contributed by atoms with van der Waals surface area (Å²) in [5, 5.41) is 0. The summed E-state index contributed by atoms with van der Waals surface area (Å²) in [5.74, 6) is 3.24. The van der Waals surface area contributed by atoms with Crippen molar-refractivity contribution in [2.75, 3.05) is 0 Å². The largest absolute Gasteiger partial charge is 0.299 e. The molecule has 0 radical (unpaired) electrons. The van der Waals surface area contributed by atoms with E-state index < -0.39 is 0 Å². The van der Waals surface area contributed by atoms with Crippen molar-refractivity contribution in [2.45, 2.75) is 78.6 Å². The van der Waals surface area contributed by atoms with Crippen LogP contribution in [0.4, 0.5) is 0 Å². The van der Waals surface area contributed by atoms with Crippen molar-refractivity contribution in [3.8, 4) is 0 Å². The second-order valence-electron chi connectivity index (χ2n) is 10.8. The number of rotatable bonds is 1. The highest BCUT2D eigenvalue weighted by atomic mass is 16.1. The monoisotopic (exact) mass is 366 g/mol. The Morgan fingerprint density at radius 2 is 1.89 bits per heavy atom. The quantitative estimate of drug-likeness (QED) is 0.599. The molecule has 0 aromatic carbocycles. The summed E-state index contributed by atoms with van der Waals surface area (Å²) in [6.07, 6.45) is 16.9. The third-order valence-electron chi connectivity index (χ3n) is 10.2. The van der Waals surface area contributed by atoms with E-state index in [0.29, 0.717) is 41.7 Å². The highest BCUT2D eigenvalue weighted by Crippen LogP contribution is 2.73. The summed E-state index contributed by atoms with van der Waals surface area (Å²) >= 11 is 0. The lowest BCUT2D eigenvalue weighted by Crippen LogP contribution is -2.54. The molecule has 146 valence electrons. The van der Waals surface area contributed by atoms with Gasteiger partial charge in [-0.1, -0.05) is 38.8 Å². The highest BCUT2D eigenvalue weighted by Gasteiger charge is 2.68. The molecule has 0 aromatic heterocycles. The Morgan fingerprint density at radius 1 is 1.07 bits per heavy atom. The number of fused-ring (bicyclic) bond motifs is 7. The van der Waals surface area contributed by atoms with Gasteiger partial charge in [-0.2, -0.15) is 0 Å². The number of hydrogen-bond acceptors (Lipinski definition) is 2. The lowest BCUT2D eigenvalue weighted by Gasteiger charge is -2.58. The van der Waals surface area contributed by atoms with Crippen LogP contribution in [0.1, 0.15) is 78.6 Å². The zero-order valence-electron chi connectivity index (χ0n) is 17.2. The van der Waals surface area contributed by atoms with Crippen LogP contribution in [0.2, 0.25) is 0 Å². The lowest BCUT2D eigenvalue weighted by atomic mass is 9.45. The van der Waals surface area contributed by atoms with E-state index in [1.807, 2.05) is 13.0 Å². The first-order valence-electron chi connectivity index (χ1n) is 11.3. The maximum absolute atomic E-state index is 13.1. The first kappa shape index (κ1) is 17.9. The minimum absolute atomic E-state index is 0.0612. The summed E-state index contributed by atoms with van der Waals surface area (Å²) in [7, 11) is 0. The van der Waals surface area contributed by atoms with Gasteiger partial charge in [0.25, 0.3) is 0 Å². The Hall–Kier alpha value is -1.18.